The van der Waals surface area contributed by atoms with Crippen molar-refractivity contribution in [2.75, 3.05) is 19.8 Å². The Bertz CT molecular complexity index is 415. The average Bonchev–Trinajstić information content (AvgIpc) is 2.77. The number of ether oxygens (including phenoxy) is 2. The Morgan fingerprint density at radius 1 is 0.710 bits per heavy atom. The summed E-state index contributed by atoms with van der Waals surface area (Å²) < 4.78 is 10.9. The van der Waals surface area contributed by atoms with Gasteiger partial charge in [-0.15, -0.1) is 0 Å². The Balaban J connectivity index is 1.76. The van der Waals surface area contributed by atoms with Crippen LogP contribution in [0.25, 0.3) is 0 Å². The van der Waals surface area contributed by atoms with Crippen LogP contribution in [0.15, 0.2) is 12.2 Å². The Morgan fingerprint density at radius 3 is 1.81 bits per heavy atom. The second kappa shape index (κ2) is 20.2. The molecule has 0 saturated carbocycles. The Labute approximate surface area is 191 Å². The van der Waals surface area contributed by atoms with Crippen LogP contribution in [-0.4, -0.2) is 59.6 Å². The van der Waals surface area contributed by atoms with E-state index in [-0.39, 0.29) is 13.2 Å². The quantitative estimate of drug-likeness (QED) is 0.176. The number of aliphatic hydroxyl groups is 3. The predicted octanol–water partition coefficient (Wildman–Crippen LogP) is 5.30. The summed E-state index contributed by atoms with van der Waals surface area (Å²) in [4.78, 5) is 0. The fourth-order valence-electron chi connectivity index (χ4n) is 4.02. The topological polar surface area (TPSA) is 79.2 Å². The van der Waals surface area contributed by atoms with Crippen LogP contribution in [-0.2, 0) is 9.47 Å². The predicted molar refractivity (Wildman–Crippen MR) is 127 cm³/mol. The van der Waals surface area contributed by atoms with E-state index in [4.69, 9.17) is 9.47 Å². The third-order valence-electron chi connectivity index (χ3n) is 6.19. The molecule has 1 saturated heterocycles. The molecule has 0 aromatic carbocycles. The molecule has 184 valence electrons. The third-order valence-corrected chi connectivity index (χ3v) is 6.19. The van der Waals surface area contributed by atoms with Crippen LogP contribution in [0.3, 0.4) is 0 Å². The highest BCUT2D eigenvalue weighted by Crippen LogP contribution is 2.16. The maximum absolute atomic E-state index is 9.85. The SMILES string of the molecule is CCCCCC/C=C/CCCCCCCCCCCCOC[C@H]1OC[C@H](O)[C@@H](O)[C@@H]1O. The molecular formula is C26H50O5. The minimum absolute atomic E-state index is 0.0441. The van der Waals surface area contributed by atoms with Gasteiger partial charge in [0.15, 0.2) is 0 Å². The average molecular weight is 443 g/mol. The Kier molecular flexibility index (Phi) is 18.6. The molecular weight excluding hydrogens is 392 g/mol. The van der Waals surface area contributed by atoms with Crippen molar-refractivity contribution in [1.82, 2.24) is 0 Å². The lowest BCUT2D eigenvalue weighted by atomic mass is 10.0. The van der Waals surface area contributed by atoms with Gasteiger partial charge in [-0.1, -0.05) is 89.7 Å². The lowest BCUT2D eigenvalue weighted by molar-refractivity contribution is -0.199. The first-order chi connectivity index (χ1) is 15.2. The van der Waals surface area contributed by atoms with E-state index in [1.165, 1.54) is 96.3 Å². The standard InChI is InChI=1S/C26H50O5/c1-2-3-4-5-6-7-8-9-10-11-12-13-14-15-16-17-18-19-20-30-22-24-26(29)25(28)23(27)21-31-24/h7-8,23-29H,2-6,9-22H2,1H3/b8-7+/t23-,24+,25+,26+/m0/s1. The highest BCUT2D eigenvalue weighted by Gasteiger charge is 2.37. The van der Waals surface area contributed by atoms with Crippen molar-refractivity contribution in [3.63, 3.8) is 0 Å². The molecule has 0 bridgehead atoms. The maximum Gasteiger partial charge on any atom is 0.111 e. The van der Waals surface area contributed by atoms with Gasteiger partial charge in [-0.2, -0.15) is 0 Å². The summed E-state index contributed by atoms with van der Waals surface area (Å²) in [5.74, 6) is 0. The molecule has 1 rings (SSSR count). The largest absolute Gasteiger partial charge is 0.388 e. The van der Waals surface area contributed by atoms with Crippen LogP contribution in [0.2, 0.25) is 0 Å². The second-order valence-corrected chi connectivity index (χ2v) is 9.14. The van der Waals surface area contributed by atoms with E-state index < -0.39 is 24.4 Å². The number of hydrogen-bond donors (Lipinski definition) is 3. The van der Waals surface area contributed by atoms with Crippen LogP contribution < -0.4 is 0 Å². The molecule has 31 heavy (non-hydrogen) atoms. The molecule has 5 nitrogen and oxygen atoms in total. The number of unbranched alkanes of at least 4 members (excludes halogenated alkanes) is 14. The molecule has 0 unspecified atom stereocenters. The molecule has 0 aromatic rings. The van der Waals surface area contributed by atoms with Crippen molar-refractivity contribution >= 4 is 0 Å². The lowest BCUT2D eigenvalue weighted by Gasteiger charge is -2.35. The van der Waals surface area contributed by atoms with Gasteiger partial charge in [-0.05, 0) is 32.1 Å². The highest BCUT2D eigenvalue weighted by molar-refractivity contribution is 4.86. The van der Waals surface area contributed by atoms with Crippen molar-refractivity contribution in [2.24, 2.45) is 0 Å². The number of allylic oxidation sites excluding steroid dienone is 2. The lowest BCUT2D eigenvalue weighted by Crippen LogP contribution is -2.54. The van der Waals surface area contributed by atoms with Gasteiger partial charge in [0.1, 0.15) is 24.4 Å². The Hall–Kier alpha value is -0.460. The third kappa shape index (κ3) is 15.1. The van der Waals surface area contributed by atoms with E-state index in [1.807, 2.05) is 0 Å². The van der Waals surface area contributed by atoms with Crippen molar-refractivity contribution < 1.29 is 24.8 Å². The molecule has 0 aromatic heterocycles. The number of hydrogen-bond acceptors (Lipinski definition) is 5. The number of rotatable bonds is 20. The van der Waals surface area contributed by atoms with Gasteiger partial charge in [0.05, 0.1) is 13.2 Å². The summed E-state index contributed by atoms with van der Waals surface area (Å²) in [5, 5.41) is 28.9. The summed E-state index contributed by atoms with van der Waals surface area (Å²) in [6.45, 7) is 3.22. The summed E-state index contributed by atoms with van der Waals surface area (Å²) in [5.41, 5.74) is 0. The van der Waals surface area contributed by atoms with Crippen molar-refractivity contribution in [1.29, 1.82) is 0 Å². The van der Waals surface area contributed by atoms with Crippen LogP contribution in [0.4, 0.5) is 0 Å². The van der Waals surface area contributed by atoms with E-state index >= 15 is 0 Å². The van der Waals surface area contributed by atoms with E-state index in [9.17, 15) is 15.3 Å². The molecule has 3 N–H and O–H groups in total. The molecule has 0 amide bonds. The fourth-order valence-corrected chi connectivity index (χ4v) is 4.02. The minimum Gasteiger partial charge on any atom is -0.388 e. The Morgan fingerprint density at radius 2 is 1.23 bits per heavy atom. The van der Waals surface area contributed by atoms with Gasteiger partial charge in [-0.3, -0.25) is 0 Å². The van der Waals surface area contributed by atoms with Gasteiger partial charge in [0.25, 0.3) is 0 Å². The van der Waals surface area contributed by atoms with Crippen molar-refractivity contribution in [2.45, 2.75) is 134 Å². The summed E-state index contributed by atoms with van der Waals surface area (Å²) in [6.07, 6.45) is 21.8. The zero-order valence-corrected chi connectivity index (χ0v) is 20.1. The molecule has 5 heteroatoms. The molecule has 1 fully saturated rings. The van der Waals surface area contributed by atoms with Crippen molar-refractivity contribution in [3.8, 4) is 0 Å². The second-order valence-electron chi connectivity index (χ2n) is 9.14. The van der Waals surface area contributed by atoms with E-state index in [2.05, 4.69) is 19.1 Å². The highest BCUT2D eigenvalue weighted by atomic mass is 16.6. The van der Waals surface area contributed by atoms with Crippen LogP contribution in [0, 0.1) is 0 Å². The van der Waals surface area contributed by atoms with E-state index in [0.717, 1.165) is 6.42 Å². The van der Waals surface area contributed by atoms with Gasteiger partial charge >= 0.3 is 0 Å². The normalized spacial score (nSPS) is 24.3. The monoisotopic (exact) mass is 442 g/mol. The molecule has 1 aliphatic rings. The fraction of sp³-hybridized carbons (Fsp3) is 0.923. The first-order valence-corrected chi connectivity index (χ1v) is 13.0. The zero-order chi connectivity index (χ0) is 22.6. The molecule has 0 spiro atoms. The molecule has 4 atom stereocenters. The molecule has 1 aliphatic heterocycles. The number of aliphatic hydroxyl groups excluding tert-OH is 3. The van der Waals surface area contributed by atoms with Crippen molar-refractivity contribution in [3.05, 3.63) is 12.2 Å². The van der Waals surface area contributed by atoms with E-state index in [0.29, 0.717) is 6.61 Å². The summed E-state index contributed by atoms with van der Waals surface area (Å²) in [7, 11) is 0. The van der Waals surface area contributed by atoms with Gasteiger partial charge in [-0.25, -0.2) is 0 Å². The van der Waals surface area contributed by atoms with Gasteiger partial charge in [0.2, 0.25) is 0 Å². The first-order valence-electron chi connectivity index (χ1n) is 13.0. The van der Waals surface area contributed by atoms with Crippen LogP contribution >= 0.6 is 0 Å². The maximum atomic E-state index is 9.85. The minimum atomic E-state index is -1.15. The molecule has 0 radical (unpaired) electrons. The van der Waals surface area contributed by atoms with Crippen LogP contribution in [0.5, 0.6) is 0 Å². The van der Waals surface area contributed by atoms with Gasteiger partial charge in [0, 0.05) is 6.61 Å². The van der Waals surface area contributed by atoms with E-state index in [1.54, 1.807) is 0 Å². The molecule has 0 aliphatic carbocycles. The smallest absolute Gasteiger partial charge is 0.111 e. The molecule has 1 heterocycles. The zero-order valence-electron chi connectivity index (χ0n) is 20.1. The summed E-state index contributed by atoms with van der Waals surface area (Å²) >= 11 is 0. The van der Waals surface area contributed by atoms with Crippen LogP contribution in [0.1, 0.15) is 110 Å². The summed E-state index contributed by atoms with van der Waals surface area (Å²) in [6, 6.07) is 0. The first kappa shape index (κ1) is 28.6. The van der Waals surface area contributed by atoms with Gasteiger partial charge < -0.3 is 24.8 Å².